The highest BCUT2D eigenvalue weighted by molar-refractivity contribution is 5.34. The first kappa shape index (κ1) is 10.6. The van der Waals surface area contributed by atoms with E-state index in [1.807, 2.05) is 0 Å². The molecule has 0 N–H and O–H groups in total. The standard InChI is InChI=1S/C17H18/c1-13-12-16(13)17(14-8-4-2-5-9-14)15-10-6-3-7-11-15/h2-11,13,16-17H,12H2,1H3/t13-,16-/m1/s1. The van der Waals surface area contributed by atoms with Gasteiger partial charge in [-0.1, -0.05) is 67.6 Å². The lowest BCUT2D eigenvalue weighted by molar-refractivity contribution is 0.652. The second-order valence-corrected chi connectivity index (χ2v) is 5.18. The third-order valence-electron chi connectivity index (χ3n) is 3.92. The normalized spacial score (nSPS) is 22.7. The molecule has 0 spiro atoms. The van der Waals surface area contributed by atoms with Crippen LogP contribution in [0.3, 0.4) is 0 Å². The van der Waals surface area contributed by atoms with E-state index in [0.29, 0.717) is 5.92 Å². The summed E-state index contributed by atoms with van der Waals surface area (Å²) in [6.07, 6.45) is 1.37. The maximum absolute atomic E-state index is 2.36. The first-order chi connectivity index (χ1) is 8.36. The van der Waals surface area contributed by atoms with E-state index in [9.17, 15) is 0 Å². The Bertz CT molecular complexity index is 432. The van der Waals surface area contributed by atoms with E-state index in [1.54, 1.807) is 0 Å². The van der Waals surface area contributed by atoms with Crippen LogP contribution in [0.25, 0.3) is 0 Å². The minimum atomic E-state index is 0.590. The predicted octanol–water partition coefficient (Wildman–Crippen LogP) is 4.47. The summed E-state index contributed by atoms with van der Waals surface area (Å²) in [4.78, 5) is 0. The Morgan fingerprint density at radius 2 is 1.24 bits per heavy atom. The summed E-state index contributed by atoms with van der Waals surface area (Å²) in [5.41, 5.74) is 2.93. The second-order valence-electron chi connectivity index (χ2n) is 5.18. The van der Waals surface area contributed by atoms with Crippen LogP contribution in [0.5, 0.6) is 0 Å². The monoisotopic (exact) mass is 222 g/mol. The van der Waals surface area contributed by atoms with Gasteiger partial charge in [-0.2, -0.15) is 0 Å². The Hall–Kier alpha value is -1.56. The summed E-state index contributed by atoms with van der Waals surface area (Å²) >= 11 is 0. The van der Waals surface area contributed by atoms with Crippen molar-refractivity contribution in [2.24, 2.45) is 11.8 Å². The van der Waals surface area contributed by atoms with Gasteiger partial charge in [-0.25, -0.2) is 0 Å². The zero-order valence-corrected chi connectivity index (χ0v) is 10.2. The van der Waals surface area contributed by atoms with Gasteiger partial charge in [0.15, 0.2) is 0 Å². The van der Waals surface area contributed by atoms with E-state index >= 15 is 0 Å². The fourth-order valence-electron chi connectivity index (χ4n) is 2.82. The van der Waals surface area contributed by atoms with Crippen LogP contribution in [0.15, 0.2) is 60.7 Å². The van der Waals surface area contributed by atoms with Crippen molar-refractivity contribution in [3.8, 4) is 0 Å². The van der Waals surface area contributed by atoms with E-state index in [0.717, 1.165) is 11.8 Å². The molecule has 0 amide bonds. The Balaban J connectivity index is 1.99. The molecule has 0 bridgehead atoms. The van der Waals surface area contributed by atoms with Crippen molar-refractivity contribution in [3.05, 3.63) is 71.8 Å². The molecule has 0 aliphatic heterocycles. The van der Waals surface area contributed by atoms with Gasteiger partial charge in [0.2, 0.25) is 0 Å². The Morgan fingerprint density at radius 1 is 0.824 bits per heavy atom. The molecule has 3 rings (SSSR count). The van der Waals surface area contributed by atoms with Crippen molar-refractivity contribution in [2.75, 3.05) is 0 Å². The second kappa shape index (κ2) is 4.37. The van der Waals surface area contributed by atoms with Crippen molar-refractivity contribution in [3.63, 3.8) is 0 Å². The molecule has 17 heavy (non-hydrogen) atoms. The van der Waals surface area contributed by atoms with Crippen LogP contribution >= 0.6 is 0 Å². The van der Waals surface area contributed by atoms with Crippen molar-refractivity contribution < 1.29 is 0 Å². The van der Waals surface area contributed by atoms with Crippen LogP contribution in [0.4, 0.5) is 0 Å². The first-order valence-corrected chi connectivity index (χ1v) is 6.46. The summed E-state index contributed by atoms with van der Waals surface area (Å²) in [5, 5.41) is 0. The lowest BCUT2D eigenvalue weighted by Crippen LogP contribution is -2.04. The van der Waals surface area contributed by atoms with Crippen molar-refractivity contribution in [1.29, 1.82) is 0 Å². The summed E-state index contributed by atoms with van der Waals surface area (Å²) in [7, 11) is 0. The third kappa shape index (κ3) is 2.12. The molecule has 0 saturated heterocycles. The quantitative estimate of drug-likeness (QED) is 0.718. The molecule has 0 aromatic heterocycles. The average Bonchev–Trinajstić information content (AvgIpc) is 3.09. The van der Waals surface area contributed by atoms with Gasteiger partial charge in [0.05, 0.1) is 0 Å². The summed E-state index contributed by atoms with van der Waals surface area (Å²) in [5.74, 6) is 2.30. The molecule has 0 radical (unpaired) electrons. The van der Waals surface area contributed by atoms with Crippen LogP contribution < -0.4 is 0 Å². The maximum atomic E-state index is 2.36. The Morgan fingerprint density at radius 3 is 1.59 bits per heavy atom. The molecule has 1 aliphatic rings. The van der Waals surface area contributed by atoms with Crippen LogP contribution in [0.2, 0.25) is 0 Å². The molecule has 86 valence electrons. The van der Waals surface area contributed by atoms with Crippen LogP contribution in [-0.2, 0) is 0 Å². The predicted molar refractivity (Wildman–Crippen MR) is 72.0 cm³/mol. The van der Waals surface area contributed by atoms with Crippen LogP contribution in [0, 0.1) is 11.8 Å². The lowest BCUT2D eigenvalue weighted by atomic mass is 9.86. The highest BCUT2D eigenvalue weighted by Gasteiger charge is 2.40. The SMILES string of the molecule is C[C@@H]1C[C@H]1C(c1ccccc1)c1ccccc1. The van der Waals surface area contributed by atoms with E-state index in [2.05, 4.69) is 67.6 Å². The van der Waals surface area contributed by atoms with Crippen LogP contribution in [-0.4, -0.2) is 0 Å². The fraction of sp³-hybridized carbons (Fsp3) is 0.294. The smallest absolute Gasteiger partial charge is 0.0120 e. The van der Waals surface area contributed by atoms with E-state index in [4.69, 9.17) is 0 Å². The molecular formula is C17H18. The molecule has 1 aliphatic carbocycles. The fourth-order valence-corrected chi connectivity index (χ4v) is 2.82. The summed E-state index contributed by atoms with van der Waals surface area (Å²) in [6, 6.07) is 21.9. The number of benzene rings is 2. The number of rotatable bonds is 3. The highest BCUT2D eigenvalue weighted by atomic mass is 14.4. The zero-order valence-electron chi connectivity index (χ0n) is 10.2. The molecule has 0 nitrogen and oxygen atoms in total. The van der Waals surface area contributed by atoms with E-state index < -0.39 is 0 Å². The topological polar surface area (TPSA) is 0 Å². The lowest BCUT2D eigenvalue weighted by Gasteiger charge is -2.18. The minimum Gasteiger partial charge on any atom is -0.0622 e. The molecule has 2 atom stereocenters. The minimum absolute atomic E-state index is 0.590. The highest BCUT2D eigenvalue weighted by Crippen LogP contribution is 2.50. The van der Waals surface area contributed by atoms with Gasteiger partial charge in [-0.15, -0.1) is 0 Å². The molecule has 0 unspecified atom stereocenters. The van der Waals surface area contributed by atoms with Crippen LogP contribution in [0.1, 0.15) is 30.4 Å². The first-order valence-electron chi connectivity index (χ1n) is 6.46. The maximum Gasteiger partial charge on any atom is 0.0120 e. The molecule has 1 fully saturated rings. The van der Waals surface area contributed by atoms with Gasteiger partial charge >= 0.3 is 0 Å². The van der Waals surface area contributed by atoms with Gasteiger partial charge in [0.25, 0.3) is 0 Å². The molecule has 2 aromatic carbocycles. The van der Waals surface area contributed by atoms with Gasteiger partial charge in [0, 0.05) is 5.92 Å². The van der Waals surface area contributed by atoms with Crippen molar-refractivity contribution in [1.82, 2.24) is 0 Å². The molecular weight excluding hydrogens is 204 g/mol. The Labute approximate surface area is 103 Å². The summed E-state index contributed by atoms with van der Waals surface area (Å²) in [6.45, 7) is 2.36. The van der Waals surface area contributed by atoms with Gasteiger partial charge in [-0.05, 0) is 29.4 Å². The Kier molecular flexibility index (Phi) is 2.72. The molecule has 0 heteroatoms. The van der Waals surface area contributed by atoms with Gasteiger partial charge < -0.3 is 0 Å². The number of hydrogen-bond donors (Lipinski definition) is 0. The van der Waals surface area contributed by atoms with Gasteiger partial charge in [0.1, 0.15) is 0 Å². The summed E-state index contributed by atoms with van der Waals surface area (Å²) < 4.78 is 0. The van der Waals surface area contributed by atoms with E-state index in [1.165, 1.54) is 17.5 Å². The number of hydrogen-bond acceptors (Lipinski definition) is 0. The molecule has 2 aromatic rings. The van der Waals surface area contributed by atoms with Gasteiger partial charge in [-0.3, -0.25) is 0 Å². The van der Waals surface area contributed by atoms with Crippen molar-refractivity contribution in [2.45, 2.75) is 19.3 Å². The molecule has 1 saturated carbocycles. The third-order valence-corrected chi connectivity index (χ3v) is 3.92. The zero-order chi connectivity index (χ0) is 11.7. The molecule has 0 heterocycles. The van der Waals surface area contributed by atoms with Crippen molar-refractivity contribution >= 4 is 0 Å². The van der Waals surface area contributed by atoms with E-state index in [-0.39, 0.29) is 0 Å². The largest absolute Gasteiger partial charge is 0.0622 e. The average molecular weight is 222 g/mol.